The monoisotopic (exact) mass is 211 g/mol. The molecule has 88 valence electrons. The Kier molecular flexibility index (Phi) is 4.78. The molecule has 0 aromatic heterocycles. The summed E-state index contributed by atoms with van der Waals surface area (Å²) >= 11 is 0. The molecule has 0 radical (unpaired) electrons. The van der Waals surface area contributed by atoms with E-state index in [4.69, 9.17) is 0 Å². The molecule has 0 aromatic carbocycles. The van der Waals surface area contributed by atoms with Crippen LogP contribution in [0.3, 0.4) is 0 Å². The van der Waals surface area contributed by atoms with E-state index in [2.05, 4.69) is 11.8 Å². The third-order valence-electron chi connectivity index (χ3n) is 3.59. The lowest BCUT2D eigenvalue weighted by Crippen LogP contribution is -2.64. The predicted molar refractivity (Wildman–Crippen MR) is 64.0 cm³/mol. The third kappa shape index (κ3) is 3.30. The average Bonchev–Trinajstić information content (AvgIpc) is 2.21. The van der Waals surface area contributed by atoms with Crippen LogP contribution in [-0.2, 0) is 4.79 Å². The van der Waals surface area contributed by atoms with Crippen molar-refractivity contribution in [1.29, 1.82) is 0 Å². The second-order valence-electron chi connectivity index (χ2n) is 5.17. The lowest BCUT2D eigenvalue weighted by molar-refractivity contribution is -0.144. The minimum Gasteiger partial charge on any atom is -0.296 e. The van der Waals surface area contributed by atoms with Crippen LogP contribution in [0.15, 0.2) is 0 Å². The minimum atomic E-state index is -0.163. The van der Waals surface area contributed by atoms with Gasteiger partial charge in [-0.3, -0.25) is 9.69 Å². The van der Waals surface area contributed by atoms with Crippen LogP contribution in [0.1, 0.15) is 59.3 Å². The van der Waals surface area contributed by atoms with Gasteiger partial charge in [-0.1, -0.05) is 39.0 Å². The molecule has 0 saturated carbocycles. The van der Waals surface area contributed by atoms with Crippen molar-refractivity contribution in [3.05, 3.63) is 0 Å². The number of carbonyl (C=O) groups is 1. The molecule has 0 atom stereocenters. The van der Waals surface area contributed by atoms with E-state index in [1.54, 1.807) is 0 Å². The van der Waals surface area contributed by atoms with E-state index in [0.29, 0.717) is 12.3 Å². The molecule has 1 heterocycles. The van der Waals surface area contributed by atoms with E-state index < -0.39 is 0 Å². The highest BCUT2D eigenvalue weighted by atomic mass is 16.1. The standard InChI is InChI=1S/C13H25NO/c1-4-5-6-7-8-9-10-14-11-12(15)13(14,2)3/h4-11H2,1-3H3. The van der Waals surface area contributed by atoms with Gasteiger partial charge in [0.2, 0.25) is 0 Å². The molecule has 1 aliphatic rings. The molecule has 1 saturated heterocycles. The van der Waals surface area contributed by atoms with Gasteiger partial charge < -0.3 is 0 Å². The Morgan fingerprint density at radius 2 is 1.73 bits per heavy atom. The fourth-order valence-corrected chi connectivity index (χ4v) is 2.09. The molecule has 0 aliphatic carbocycles. The van der Waals surface area contributed by atoms with Crippen LogP contribution in [0, 0.1) is 0 Å². The molecule has 0 N–H and O–H groups in total. The van der Waals surface area contributed by atoms with Gasteiger partial charge in [0.25, 0.3) is 0 Å². The van der Waals surface area contributed by atoms with E-state index in [1.165, 1.54) is 38.5 Å². The second-order valence-corrected chi connectivity index (χ2v) is 5.17. The summed E-state index contributed by atoms with van der Waals surface area (Å²) in [5, 5.41) is 0. The van der Waals surface area contributed by atoms with Crippen molar-refractivity contribution in [2.75, 3.05) is 13.1 Å². The van der Waals surface area contributed by atoms with Gasteiger partial charge in [0.1, 0.15) is 0 Å². The van der Waals surface area contributed by atoms with Gasteiger partial charge in [-0.2, -0.15) is 0 Å². The summed E-state index contributed by atoms with van der Waals surface area (Å²) in [6.07, 6.45) is 7.98. The molecule has 1 fully saturated rings. The van der Waals surface area contributed by atoms with Crippen molar-refractivity contribution < 1.29 is 4.79 Å². The smallest absolute Gasteiger partial charge is 0.166 e. The number of nitrogens with zero attached hydrogens (tertiary/aromatic N) is 1. The van der Waals surface area contributed by atoms with Gasteiger partial charge in [0.15, 0.2) is 5.78 Å². The second kappa shape index (κ2) is 5.64. The van der Waals surface area contributed by atoms with Gasteiger partial charge >= 0.3 is 0 Å². The zero-order valence-electron chi connectivity index (χ0n) is 10.5. The molecule has 1 rings (SSSR count). The Bertz CT molecular complexity index is 211. The lowest BCUT2D eigenvalue weighted by atomic mass is 9.87. The van der Waals surface area contributed by atoms with E-state index in [1.807, 2.05) is 13.8 Å². The summed E-state index contributed by atoms with van der Waals surface area (Å²) in [6.45, 7) is 8.10. The molecule has 0 bridgehead atoms. The Balaban J connectivity index is 2.00. The SMILES string of the molecule is CCCCCCCCN1CC(=O)C1(C)C. The maximum absolute atomic E-state index is 11.3. The van der Waals surface area contributed by atoms with Crippen molar-refractivity contribution in [2.45, 2.75) is 64.8 Å². The predicted octanol–water partition coefficient (Wildman–Crippen LogP) is 3.01. The lowest BCUT2D eigenvalue weighted by Gasteiger charge is -2.46. The zero-order chi connectivity index (χ0) is 11.3. The molecular weight excluding hydrogens is 186 g/mol. The molecule has 0 amide bonds. The number of likely N-dealkylation sites (tertiary alicyclic amines) is 1. The summed E-state index contributed by atoms with van der Waals surface area (Å²) in [7, 11) is 0. The molecular formula is C13H25NO. The number of rotatable bonds is 7. The molecule has 0 aromatic rings. The van der Waals surface area contributed by atoms with Crippen LogP contribution in [0.4, 0.5) is 0 Å². The van der Waals surface area contributed by atoms with E-state index in [0.717, 1.165) is 6.54 Å². The van der Waals surface area contributed by atoms with Crippen LogP contribution in [-0.4, -0.2) is 29.3 Å². The van der Waals surface area contributed by atoms with Crippen molar-refractivity contribution in [1.82, 2.24) is 4.90 Å². The van der Waals surface area contributed by atoms with Crippen molar-refractivity contribution in [3.8, 4) is 0 Å². The number of Topliss-reactive ketones (excluding diaryl/α,β-unsaturated/α-hetero) is 1. The Labute approximate surface area is 94.0 Å². The van der Waals surface area contributed by atoms with E-state index in [-0.39, 0.29) is 5.54 Å². The molecule has 1 aliphatic heterocycles. The first-order valence-corrected chi connectivity index (χ1v) is 6.37. The van der Waals surface area contributed by atoms with Crippen LogP contribution in [0.25, 0.3) is 0 Å². The fourth-order valence-electron chi connectivity index (χ4n) is 2.09. The number of unbranched alkanes of at least 4 members (excludes halogenated alkanes) is 5. The highest BCUT2D eigenvalue weighted by Crippen LogP contribution is 2.26. The van der Waals surface area contributed by atoms with Gasteiger partial charge in [0, 0.05) is 0 Å². The van der Waals surface area contributed by atoms with Crippen LogP contribution in [0.5, 0.6) is 0 Å². The molecule has 15 heavy (non-hydrogen) atoms. The van der Waals surface area contributed by atoms with Crippen LogP contribution >= 0.6 is 0 Å². The van der Waals surface area contributed by atoms with Gasteiger partial charge in [-0.15, -0.1) is 0 Å². The number of carbonyl (C=O) groups excluding carboxylic acids is 1. The fraction of sp³-hybridized carbons (Fsp3) is 0.923. The summed E-state index contributed by atoms with van der Waals surface area (Å²) in [6, 6.07) is 0. The van der Waals surface area contributed by atoms with E-state index in [9.17, 15) is 4.79 Å². The summed E-state index contributed by atoms with van der Waals surface area (Å²) in [4.78, 5) is 13.6. The normalized spacial score (nSPS) is 20.3. The van der Waals surface area contributed by atoms with Crippen molar-refractivity contribution >= 4 is 5.78 Å². The Hall–Kier alpha value is -0.370. The number of hydrogen-bond donors (Lipinski definition) is 0. The maximum atomic E-state index is 11.3. The van der Waals surface area contributed by atoms with Gasteiger partial charge in [-0.25, -0.2) is 0 Å². The minimum absolute atomic E-state index is 0.163. The van der Waals surface area contributed by atoms with Gasteiger partial charge in [0.05, 0.1) is 12.1 Å². The summed E-state index contributed by atoms with van der Waals surface area (Å²) < 4.78 is 0. The Morgan fingerprint density at radius 3 is 2.27 bits per heavy atom. The molecule has 0 spiro atoms. The molecule has 2 heteroatoms. The highest BCUT2D eigenvalue weighted by Gasteiger charge is 2.44. The largest absolute Gasteiger partial charge is 0.296 e. The highest BCUT2D eigenvalue weighted by molar-refractivity contribution is 5.94. The molecule has 2 nitrogen and oxygen atoms in total. The van der Waals surface area contributed by atoms with E-state index >= 15 is 0 Å². The van der Waals surface area contributed by atoms with Crippen LogP contribution < -0.4 is 0 Å². The maximum Gasteiger partial charge on any atom is 0.166 e. The summed E-state index contributed by atoms with van der Waals surface area (Å²) in [5.74, 6) is 0.397. The summed E-state index contributed by atoms with van der Waals surface area (Å²) in [5.41, 5.74) is -0.163. The van der Waals surface area contributed by atoms with Crippen molar-refractivity contribution in [3.63, 3.8) is 0 Å². The third-order valence-corrected chi connectivity index (χ3v) is 3.59. The quantitative estimate of drug-likeness (QED) is 0.603. The van der Waals surface area contributed by atoms with Crippen LogP contribution in [0.2, 0.25) is 0 Å². The van der Waals surface area contributed by atoms with Gasteiger partial charge in [-0.05, 0) is 26.8 Å². The molecule has 0 unspecified atom stereocenters. The topological polar surface area (TPSA) is 20.3 Å². The van der Waals surface area contributed by atoms with Crippen molar-refractivity contribution in [2.24, 2.45) is 0 Å². The first-order chi connectivity index (χ1) is 7.09. The number of ketones is 1. The average molecular weight is 211 g/mol. The first-order valence-electron chi connectivity index (χ1n) is 6.37. The number of hydrogen-bond acceptors (Lipinski definition) is 2. The zero-order valence-corrected chi connectivity index (χ0v) is 10.5. The first kappa shape index (κ1) is 12.7. The Morgan fingerprint density at radius 1 is 1.13 bits per heavy atom.